The van der Waals surface area contributed by atoms with Gasteiger partial charge in [-0.15, -0.1) is 0 Å². The number of nitrogens with two attached hydrogens (primary N) is 1. The van der Waals surface area contributed by atoms with Gasteiger partial charge in [0, 0.05) is 12.6 Å². The van der Waals surface area contributed by atoms with E-state index in [-0.39, 0.29) is 22.7 Å². The summed E-state index contributed by atoms with van der Waals surface area (Å²) in [7, 11) is -3.72. The van der Waals surface area contributed by atoms with Crippen molar-refractivity contribution < 1.29 is 13.2 Å². The summed E-state index contributed by atoms with van der Waals surface area (Å²) < 4.78 is 32.6. The second-order valence-corrected chi connectivity index (χ2v) is 6.51. The number of ether oxygens (including phenoxy) is 1. The van der Waals surface area contributed by atoms with E-state index in [0.717, 1.165) is 12.8 Å². The van der Waals surface area contributed by atoms with Crippen LogP contribution in [0.1, 0.15) is 25.3 Å². The predicted molar refractivity (Wildman–Crippen MR) is 74.3 cm³/mol. The average molecular weight is 295 g/mol. The van der Waals surface area contributed by atoms with Crippen molar-refractivity contribution in [2.45, 2.75) is 36.8 Å². The van der Waals surface area contributed by atoms with E-state index in [1.807, 2.05) is 6.07 Å². The van der Waals surface area contributed by atoms with Gasteiger partial charge in [-0.05, 0) is 38.0 Å². The maximum Gasteiger partial charge on any atom is 0.242 e. The number of nitrogens with one attached hydrogen (secondary N) is 1. The average Bonchev–Trinajstić information content (AvgIpc) is 2.91. The molecule has 1 aromatic rings. The Labute approximate surface area is 118 Å². The molecule has 1 saturated heterocycles. The summed E-state index contributed by atoms with van der Waals surface area (Å²) >= 11 is 0. The smallest absolute Gasteiger partial charge is 0.242 e. The van der Waals surface area contributed by atoms with Gasteiger partial charge < -0.3 is 10.5 Å². The molecule has 1 aliphatic heterocycles. The number of hydrogen-bond acceptors (Lipinski definition) is 5. The highest BCUT2D eigenvalue weighted by Crippen LogP contribution is 2.22. The third kappa shape index (κ3) is 3.10. The second kappa shape index (κ2) is 5.79. The first-order valence-electron chi connectivity index (χ1n) is 6.37. The number of sulfonamides is 1. The molecule has 1 heterocycles. The fourth-order valence-electron chi connectivity index (χ4n) is 2.24. The van der Waals surface area contributed by atoms with Crippen LogP contribution in [0.15, 0.2) is 23.1 Å². The lowest BCUT2D eigenvalue weighted by Gasteiger charge is -2.20. The molecule has 0 amide bonds. The van der Waals surface area contributed by atoms with Gasteiger partial charge in [-0.2, -0.15) is 5.26 Å². The lowest BCUT2D eigenvalue weighted by atomic mass is 10.1. The molecule has 2 atom stereocenters. The van der Waals surface area contributed by atoms with Crippen LogP contribution in [0.3, 0.4) is 0 Å². The van der Waals surface area contributed by atoms with Crippen molar-refractivity contribution in [3.63, 3.8) is 0 Å². The molecular weight excluding hydrogens is 278 g/mol. The zero-order chi connectivity index (χ0) is 14.8. The summed E-state index contributed by atoms with van der Waals surface area (Å²) in [6.45, 7) is 2.43. The van der Waals surface area contributed by atoms with Crippen LogP contribution < -0.4 is 10.5 Å². The highest BCUT2D eigenvalue weighted by molar-refractivity contribution is 7.89. The minimum Gasteiger partial charge on any atom is -0.398 e. The maximum atomic E-state index is 12.3. The van der Waals surface area contributed by atoms with Gasteiger partial charge >= 0.3 is 0 Å². The standard InChI is InChI=1S/C13H17N3O3S/c1-9(12-3-2-6-19-12)16-20(17,18)13-5-4-10(8-14)7-11(13)15/h4-5,7,9,12,16H,2-3,6,15H2,1H3. The molecular formula is C13H17N3O3S. The molecule has 0 saturated carbocycles. The molecule has 3 N–H and O–H groups in total. The van der Waals surface area contributed by atoms with E-state index in [9.17, 15) is 8.42 Å². The molecule has 0 aliphatic carbocycles. The molecule has 1 aliphatic rings. The van der Waals surface area contributed by atoms with Gasteiger partial charge in [0.05, 0.1) is 23.4 Å². The number of benzene rings is 1. The Morgan fingerprint density at radius 2 is 2.30 bits per heavy atom. The Morgan fingerprint density at radius 3 is 2.85 bits per heavy atom. The summed E-state index contributed by atoms with van der Waals surface area (Å²) in [5.74, 6) is 0. The van der Waals surface area contributed by atoms with E-state index in [2.05, 4.69) is 4.72 Å². The summed E-state index contributed by atoms with van der Waals surface area (Å²) in [4.78, 5) is -0.0126. The quantitative estimate of drug-likeness (QED) is 0.806. The predicted octanol–water partition coefficient (Wildman–Crippen LogP) is 0.986. The highest BCUT2D eigenvalue weighted by atomic mass is 32.2. The first-order valence-corrected chi connectivity index (χ1v) is 7.86. The van der Waals surface area contributed by atoms with Crippen molar-refractivity contribution in [3.8, 4) is 6.07 Å². The zero-order valence-corrected chi connectivity index (χ0v) is 12.0. The Hall–Kier alpha value is -1.62. The molecule has 0 radical (unpaired) electrons. The molecule has 2 rings (SSSR count). The lowest BCUT2D eigenvalue weighted by Crippen LogP contribution is -2.40. The van der Waals surface area contributed by atoms with E-state index < -0.39 is 10.0 Å². The van der Waals surface area contributed by atoms with E-state index in [1.54, 1.807) is 6.92 Å². The van der Waals surface area contributed by atoms with E-state index >= 15 is 0 Å². The number of nitriles is 1. The first-order chi connectivity index (χ1) is 9.44. The Morgan fingerprint density at radius 1 is 1.55 bits per heavy atom. The van der Waals surface area contributed by atoms with Crippen LogP contribution in [0.25, 0.3) is 0 Å². The minimum absolute atomic E-state index is 0.0126. The van der Waals surface area contributed by atoms with Crippen LogP contribution in [-0.4, -0.2) is 27.2 Å². The van der Waals surface area contributed by atoms with Gasteiger partial charge in [0.25, 0.3) is 0 Å². The summed E-state index contributed by atoms with van der Waals surface area (Å²) in [6, 6.07) is 5.73. The molecule has 2 unspecified atom stereocenters. The van der Waals surface area contributed by atoms with E-state index in [0.29, 0.717) is 12.2 Å². The monoisotopic (exact) mass is 295 g/mol. The van der Waals surface area contributed by atoms with Crippen LogP contribution in [0.5, 0.6) is 0 Å². The fourth-order valence-corrected chi connectivity index (χ4v) is 3.63. The first kappa shape index (κ1) is 14.8. The number of hydrogen-bond donors (Lipinski definition) is 2. The van der Waals surface area contributed by atoms with Crippen molar-refractivity contribution in [3.05, 3.63) is 23.8 Å². The van der Waals surface area contributed by atoms with E-state index in [1.165, 1.54) is 18.2 Å². The van der Waals surface area contributed by atoms with Gasteiger partial charge in [-0.1, -0.05) is 0 Å². The van der Waals surface area contributed by atoms with Crippen molar-refractivity contribution >= 4 is 15.7 Å². The minimum atomic E-state index is -3.72. The molecule has 20 heavy (non-hydrogen) atoms. The SMILES string of the molecule is CC(NS(=O)(=O)c1ccc(C#N)cc1N)C1CCCO1. The Balaban J connectivity index is 2.20. The van der Waals surface area contributed by atoms with Gasteiger partial charge in [-0.3, -0.25) is 0 Å². The van der Waals surface area contributed by atoms with Crippen molar-refractivity contribution in [1.82, 2.24) is 4.72 Å². The number of nitrogen functional groups attached to an aromatic ring is 1. The largest absolute Gasteiger partial charge is 0.398 e. The van der Waals surface area contributed by atoms with Crippen LogP contribution in [0, 0.1) is 11.3 Å². The molecule has 1 fully saturated rings. The highest BCUT2D eigenvalue weighted by Gasteiger charge is 2.27. The Bertz CT molecular complexity index is 631. The number of rotatable bonds is 4. The van der Waals surface area contributed by atoms with Gasteiger partial charge in [0.1, 0.15) is 4.90 Å². The van der Waals surface area contributed by atoms with Crippen molar-refractivity contribution in [1.29, 1.82) is 5.26 Å². The topological polar surface area (TPSA) is 105 Å². The van der Waals surface area contributed by atoms with Gasteiger partial charge in [-0.25, -0.2) is 13.1 Å². The number of anilines is 1. The summed E-state index contributed by atoms with van der Waals surface area (Å²) in [5, 5.41) is 8.76. The van der Waals surface area contributed by atoms with Crippen molar-refractivity contribution in [2.75, 3.05) is 12.3 Å². The normalized spacial score (nSPS) is 20.5. The molecule has 7 heteroatoms. The van der Waals surface area contributed by atoms with Crippen LogP contribution in [0.2, 0.25) is 0 Å². The van der Waals surface area contributed by atoms with Crippen LogP contribution in [-0.2, 0) is 14.8 Å². The molecule has 0 aromatic heterocycles. The number of nitrogens with zero attached hydrogens (tertiary/aromatic N) is 1. The Kier molecular flexibility index (Phi) is 4.28. The lowest BCUT2D eigenvalue weighted by molar-refractivity contribution is 0.0902. The van der Waals surface area contributed by atoms with Crippen LogP contribution >= 0.6 is 0 Å². The molecule has 6 nitrogen and oxygen atoms in total. The summed E-state index contributed by atoms with van der Waals surface area (Å²) in [5.41, 5.74) is 6.10. The van der Waals surface area contributed by atoms with Crippen molar-refractivity contribution in [2.24, 2.45) is 0 Å². The molecule has 1 aromatic carbocycles. The third-order valence-electron chi connectivity index (χ3n) is 3.29. The second-order valence-electron chi connectivity index (χ2n) is 4.83. The third-order valence-corrected chi connectivity index (χ3v) is 4.92. The molecule has 0 bridgehead atoms. The molecule has 108 valence electrons. The zero-order valence-electron chi connectivity index (χ0n) is 11.2. The van der Waals surface area contributed by atoms with Gasteiger partial charge in [0.2, 0.25) is 10.0 Å². The summed E-state index contributed by atoms with van der Waals surface area (Å²) in [6.07, 6.45) is 1.67. The molecule has 0 spiro atoms. The fraction of sp³-hybridized carbons (Fsp3) is 0.462. The maximum absolute atomic E-state index is 12.3. The van der Waals surface area contributed by atoms with E-state index in [4.69, 9.17) is 15.7 Å². The van der Waals surface area contributed by atoms with Crippen LogP contribution in [0.4, 0.5) is 5.69 Å². The van der Waals surface area contributed by atoms with Gasteiger partial charge in [0.15, 0.2) is 0 Å².